The van der Waals surface area contributed by atoms with E-state index in [0.29, 0.717) is 43.5 Å². The lowest BCUT2D eigenvalue weighted by atomic mass is 10.1. The van der Waals surface area contributed by atoms with Crippen molar-refractivity contribution >= 4 is 33.4 Å². The van der Waals surface area contributed by atoms with Crippen LogP contribution in [0, 0.1) is 0 Å². The quantitative estimate of drug-likeness (QED) is 0.657. The molecule has 1 aliphatic carbocycles. The van der Waals surface area contributed by atoms with Crippen molar-refractivity contribution in [3.8, 4) is 0 Å². The number of hydrogen-bond donors (Lipinski definition) is 1. The van der Waals surface area contributed by atoms with E-state index in [1.807, 2.05) is 6.07 Å². The molecule has 160 valence electrons. The summed E-state index contributed by atoms with van der Waals surface area (Å²) in [5, 5.41) is 3.65. The van der Waals surface area contributed by atoms with Gasteiger partial charge in [-0.25, -0.2) is 13.4 Å². The Balaban J connectivity index is 1.26. The third-order valence-electron chi connectivity index (χ3n) is 5.28. The van der Waals surface area contributed by atoms with Crippen LogP contribution in [0.4, 0.5) is 5.69 Å². The molecular weight excluding hydrogens is 422 g/mol. The molecule has 1 aromatic carbocycles. The first-order valence-corrected chi connectivity index (χ1v) is 12.5. The monoisotopic (exact) mass is 447 g/mol. The summed E-state index contributed by atoms with van der Waals surface area (Å²) in [5.41, 5.74) is 3.56. The number of nitrogens with one attached hydrogen (secondary N) is 1. The van der Waals surface area contributed by atoms with Gasteiger partial charge in [0.2, 0.25) is 15.9 Å². The highest BCUT2D eigenvalue weighted by atomic mass is 32.2. The van der Waals surface area contributed by atoms with E-state index in [1.165, 1.54) is 39.8 Å². The zero-order valence-corrected chi connectivity index (χ0v) is 18.3. The average molecular weight is 448 g/mol. The topological polar surface area (TPSA) is 88.6 Å². The molecule has 0 bridgehead atoms. The number of anilines is 1. The van der Waals surface area contributed by atoms with Gasteiger partial charge in [-0.3, -0.25) is 4.79 Å². The molecule has 1 aliphatic heterocycles. The lowest BCUT2D eigenvalue weighted by Gasteiger charge is -2.25. The molecule has 1 saturated heterocycles. The van der Waals surface area contributed by atoms with Gasteiger partial charge < -0.3 is 10.1 Å². The van der Waals surface area contributed by atoms with Gasteiger partial charge in [-0.05, 0) is 54.7 Å². The molecule has 0 unspecified atom stereocenters. The molecule has 0 radical (unpaired) electrons. The molecule has 2 heterocycles. The number of carbonyl (C=O) groups is 1. The number of pyridine rings is 1. The number of sulfonamides is 1. The van der Waals surface area contributed by atoms with E-state index < -0.39 is 10.0 Å². The third-order valence-corrected chi connectivity index (χ3v) is 8.11. The largest absolute Gasteiger partial charge is 0.379 e. The second kappa shape index (κ2) is 9.47. The minimum atomic E-state index is -3.53. The molecule has 2 aromatic rings. The Morgan fingerprint density at radius 3 is 2.70 bits per heavy atom. The van der Waals surface area contributed by atoms with Crippen LogP contribution >= 0.6 is 11.8 Å². The van der Waals surface area contributed by atoms with Crippen LogP contribution in [-0.4, -0.2) is 55.7 Å². The fourth-order valence-corrected chi connectivity index (χ4v) is 5.80. The maximum Gasteiger partial charge on any atom is 0.244 e. The number of carbonyl (C=O) groups excluding carboxylic acids is 1. The summed E-state index contributed by atoms with van der Waals surface area (Å²) in [4.78, 5) is 16.7. The van der Waals surface area contributed by atoms with Gasteiger partial charge in [0, 0.05) is 37.1 Å². The van der Waals surface area contributed by atoms with Gasteiger partial charge in [0.05, 0.1) is 18.2 Å². The highest BCUT2D eigenvalue weighted by Crippen LogP contribution is 2.25. The fourth-order valence-electron chi connectivity index (χ4n) is 3.66. The highest BCUT2D eigenvalue weighted by Gasteiger charge is 2.26. The van der Waals surface area contributed by atoms with E-state index in [1.54, 1.807) is 12.1 Å². The molecule has 1 aromatic heterocycles. The van der Waals surface area contributed by atoms with Crippen LogP contribution in [0.3, 0.4) is 0 Å². The zero-order chi connectivity index (χ0) is 21.0. The van der Waals surface area contributed by atoms with Gasteiger partial charge in [0.25, 0.3) is 0 Å². The number of thioether (sulfide) groups is 1. The van der Waals surface area contributed by atoms with Gasteiger partial charge in [0.15, 0.2) is 0 Å². The number of hydrogen-bond acceptors (Lipinski definition) is 6. The van der Waals surface area contributed by atoms with Crippen molar-refractivity contribution in [3.05, 3.63) is 47.7 Å². The first kappa shape index (κ1) is 21.3. The molecule has 9 heteroatoms. The molecule has 30 heavy (non-hydrogen) atoms. The summed E-state index contributed by atoms with van der Waals surface area (Å²) in [6.07, 6.45) is 5.13. The van der Waals surface area contributed by atoms with Crippen LogP contribution in [0.1, 0.15) is 24.0 Å². The van der Waals surface area contributed by atoms with Crippen LogP contribution in [0.25, 0.3) is 0 Å². The number of ether oxygens (including phenoxy) is 1. The lowest BCUT2D eigenvalue weighted by Crippen LogP contribution is -2.40. The summed E-state index contributed by atoms with van der Waals surface area (Å²) in [7, 11) is -3.53. The summed E-state index contributed by atoms with van der Waals surface area (Å²) < 4.78 is 31.9. The Hall–Kier alpha value is -1.94. The standard InChI is InChI=1S/C21H25N3O4S2/c25-20(23-18-5-4-16-2-1-3-17(16)14-18)8-13-29-21-7-6-19(15-22-21)30(26,27)24-9-11-28-12-10-24/h4-7,14-15H,1-3,8-13H2,(H,23,25). The smallest absolute Gasteiger partial charge is 0.244 e. The Kier molecular flexibility index (Phi) is 6.72. The van der Waals surface area contributed by atoms with Crippen LogP contribution in [0.15, 0.2) is 46.5 Å². The normalized spacial score (nSPS) is 16.9. The molecular formula is C21H25N3O4S2. The number of nitrogens with zero attached hydrogens (tertiary/aromatic N) is 2. The predicted molar refractivity (Wildman–Crippen MR) is 116 cm³/mol. The van der Waals surface area contributed by atoms with Gasteiger partial charge in [0.1, 0.15) is 4.90 Å². The molecule has 4 rings (SSSR count). The van der Waals surface area contributed by atoms with Crippen LogP contribution < -0.4 is 5.32 Å². The zero-order valence-electron chi connectivity index (χ0n) is 16.7. The van der Waals surface area contributed by atoms with Gasteiger partial charge in [-0.2, -0.15) is 4.31 Å². The first-order valence-electron chi connectivity index (χ1n) is 10.1. The first-order chi connectivity index (χ1) is 14.5. The number of benzene rings is 1. The molecule has 0 atom stereocenters. The molecule has 2 aliphatic rings. The van der Waals surface area contributed by atoms with E-state index in [0.717, 1.165) is 18.5 Å². The van der Waals surface area contributed by atoms with Gasteiger partial charge in [-0.1, -0.05) is 6.07 Å². The van der Waals surface area contributed by atoms with Crippen LogP contribution in [-0.2, 0) is 32.4 Å². The van der Waals surface area contributed by atoms with E-state index >= 15 is 0 Å². The Labute approximate surface area is 181 Å². The number of rotatable bonds is 7. The average Bonchev–Trinajstić information content (AvgIpc) is 3.23. The maximum absolute atomic E-state index is 12.6. The van der Waals surface area contributed by atoms with Crippen molar-refractivity contribution in [1.82, 2.24) is 9.29 Å². The fraction of sp³-hybridized carbons (Fsp3) is 0.429. The second-order valence-corrected chi connectivity index (χ2v) is 10.4. The van der Waals surface area contributed by atoms with Gasteiger partial charge in [-0.15, -0.1) is 11.8 Å². The second-order valence-electron chi connectivity index (χ2n) is 7.33. The van der Waals surface area contributed by atoms with Crippen molar-refractivity contribution in [2.24, 2.45) is 0 Å². The van der Waals surface area contributed by atoms with Crippen LogP contribution in [0.5, 0.6) is 0 Å². The molecule has 1 N–H and O–H groups in total. The number of fused-ring (bicyclic) bond motifs is 1. The maximum atomic E-state index is 12.6. The molecule has 1 amide bonds. The summed E-state index contributed by atoms with van der Waals surface area (Å²) >= 11 is 1.43. The number of aryl methyl sites for hydroxylation is 2. The van der Waals surface area contributed by atoms with Crippen LogP contribution in [0.2, 0.25) is 0 Å². The summed E-state index contributed by atoms with van der Waals surface area (Å²) in [5.74, 6) is 0.534. The summed E-state index contributed by atoms with van der Waals surface area (Å²) in [6.45, 7) is 1.54. The SMILES string of the molecule is O=C(CCSc1ccc(S(=O)(=O)N2CCOCC2)cn1)Nc1ccc2c(c1)CCC2. The third kappa shape index (κ3) is 5.03. The Morgan fingerprint density at radius 2 is 1.93 bits per heavy atom. The highest BCUT2D eigenvalue weighted by molar-refractivity contribution is 7.99. The van der Waals surface area contributed by atoms with Crippen molar-refractivity contribution in [3.63, 3.8) is 0 Å². The molecule has 1 fully saturated rings. The Bertz CT molecular complexity index is 1000. The Morgan fingerprint density at radius 1 is 1.13 bits per heavy atom. The van der Waals surface area contributed by atoms with E-state index in [4.69, 9.17) is 4.74 Å². The van der Waals surface area contributed by atoms with E-state index in [9.17, 15) is 13.2 Å². The number of amides is 1. The predicted octanol–water partition coefficient (Wildman–Crippen LogP) is 2.71. The minimum absolute atomic E-state index is 0.0352. The number of morpholine rings is 1. The van der Waals surface area contributed by atoms with Crippen molar-refractivity contribution in [2.75, 3.05) is 37.4 Å². The van der Waals surface area contributed by atoms with Crippen molar-refractivity contribution in [2.45, 2.75) is 35.6 Å². The number of aromatic nitrogens is 1. The minimum Gasteiger partial charge on any atom is -0.379 e. The van der Waals surface area contributed by atoms with E-state index in [2.05, 4.69) is 22.4 Å². The van der Waals surface area contributed by atoms with Crippen molar-refractivity contribution < 1.29 is 17.9 Å². The molecule has 7 nitrogen and oxygen atoms in total. The summed E-state index contributed by atoms with van der Waals surface area (Å²) in [6, 6.07) is 9.40. The van der Waals surface area contributed by atoms with E-state index in [-0.39, 0.29) is 10.8 Å². The lowest BCUT2D eigenvalue weighted by molar-refractivity contribution is -0.115. The van der Waals surface area contributed by atoms with Crippen molar-refractivity contribution in [1.29, 1.82) is 0 Å². The molecule has 0 spiro atoms. The van der Waals surface area contributed by atoms with Gasteiger partial charge >= 0.3 is 0 Å². The molecule has 0 saturated carbocycles.